The molecule has 2 aromatic rings. The largest absolute Gasteiger partial charge is 0.233 e. The van der Waals surface area contributed by atoms with Crippen molar-refractivity contribution in [2.24, 2.45) is 0 Å². The van der Waals surface area contributed by atoms with Crippen molar-refractivity contribution in [1.82, 2.24) is 9.97 Å². The van der Waals surface area contributed by atoms with Crippen LogP contribution >= 0.6 is 11.6 Å². The lowest BCUT2D eigenvalue weighted by molar-refractivity contribution is 0.975. The molecule has 0 unspecified atom stereocenters. The molecule has 0 aliphatic heterocycles. The fourth-order valence-corrected chi connectivity index (χ4v) is 2.18. The third kappa shape index (κ3) is 2.25. The molecular weight excluding hydrogens is 244 g/mol. The smallest absolute Gasteiger partial charge is 0.161 e. The predicted molar refractivity (Wildman–Crippen MR) is 76.1 cm³/mol. The summed E-state index contributed by atoms with van der Waals surface area (Å²) in [6.07, 6.45) is 0.867. The molecule has 0 aliphatic rings. The van der Waals surface area contributed by atoms with E-state index in [1.165, 1.54) is 11.1 Å². The fraction of sp³-hybridized carbons (Fsp3) is 0.333. The Balaban J connectivity index is 2.64. The Labute approximate surface area is 113 Å². The summed E-state index contributed by atoms with van der Waals surface area (Å²) in [4.78, 5) is 9.04. The lowest BCUT2D eigenvalue weighted by atomic mass is 10.0. The maximum atomic E-state index is 6.19. The van der Waals surface area contributed by atoms with Gasteiger partial charge >= 0.3 is 0 Å². The highest BCUT2D eigenvalue weighted by Crippen LogP contribution is 2.26. The molecule has 0 N–H and O–H groups in total. The van der Waals surface area contributed by atoms with E-state index in [1.54, 1.807) is 0 Å². The van der Waals surface area contributed by atoms with Crippen molar-refractivity contribution >= 4 is 11.6 Å². The molecule has 0 amide bonds. The molecule has 2 nitrogen and oxygen atoms in total. The van der Waals surface area contributed by atoms with E-state index in [0.717, 1.165) is 29.1 Å². The number of halogens is 1. The van der Waals surface area contributed by atoms with Crippen molar-refractivity contribution in [2.45, 2.75) is 34.1 Å². The van der Waals surface area contributed by atoms with Gasteiger partial charge in [-0.3, -0.25) is 0 Å². The van der Waals surface area contributed by atoms with Crippen molar-refractivity contribution in [2.75, 3.05) is 0 Å². The average molecular weight is 261 g/mol. The Morgan fingerprint density at radius 2 is 1.78 bits per heavy atom. The Hall–Kier alpha value is -1.41. The van der Waals surface area contributed by atoms with Gasteiger partial charge in [0.1, 0.15) is 5.15 Å². The molecule has 1 heterocycles. The molecule has 2 rings (SSSR count). The number of benzene rings is 1. The van der Waals surface area contributed by atoms with Crippen LogP contribution in [-0.4, -0.2) is 9.97 Å². The second-order valence-electron chi connectivity index (χ2n) is 4.51. The number of nitrogens with zero attached hydrogens (tertiary/aromatic N) is 2. The monoisotopic (exact) mass is 260 g/mol. The summed E-state index contributed by atoms with van der Waals surface area (Å²) in [5.74, 6) is 0.726. The molecule has 3 heteroatoms. The summed E-state index contributed by atoms with van der Waals surface area (Å²) in [5, 5.41) is 0.553. The van der Waals surface area contributed by atoms with Gasteiger partial charge in [-0.15, -0.1) is 0 Å². The van der Waals surface area contributed by atoms with E-state index in [4.69, 9.17) is 11.6 Å². The van der Waals surface area contributed by atoms with Gasteiger partial charge in [-0.05, 0) is 38.3 Å². The Kier molecular flexibility index (Phi) is 3.67. The summed E-state index contributed by atoms with van der Waals surface area (Å²) in [7, 11) is 0. The van der Waals surface area contributed by atoms with Gasteiger partial charge < -0.3 is 0 Å². The summed E-state index contributed by atoms with van der Waals surface area (Å²) in [6, 6.07) is 6.17. The van der Waals surface area contributed by atoms with E-state index in [1.807, 2.05) is 19.1 Å². The molecule has 18 heavy (non-hydrogen) atoms. The summed E-state index contributed by atoms with van der Waals surface area (Å²) < 4.78 is 0. The molecule has 1 aromatic carbocycles. The van der Waals surface area contributed by atoms with Crippen LogP contribution in [-0.2, 0) is 6.42 Å². The normalized spacial score (nSPS) is 10.7. The zero-order valence-corrected chi connectivity index (χ0v) is 12.0. The predicted octanol–water partition coefficient (Wildman–Crippen LogP) is 4.28. The zero-order valence-electron chi connectivity index (χ0n) is 11.2. The van der Waals surface area contributed by atoms with Crippen LogP contribution in [0, 0.1) is 20.8 Å². The van der Waals surface area contributed by atoms with Crippen LogP contribution < -0.4 is 0 Å². The second-order valence-corrected chi connectivity index (χ2v) is 4.87. The summed E-state index contributed by atoms with van der Waals surface area (Å²) in [6.45, 7) is 8.23. The highest BCUT2D eigenvalue weighted by Gasteiger charge is 2.11. The first kappa shape index (κ1) is 13.0. The molecule has 0 fully saturated rings. The SMILES string of the molecule is CCc1nc(-c2cccc(C)c2C)nc(Cl)c1C. The van der Waals surface area contributed by atoms with E-state index in [2.05, 4.69) is 36.8 Å². The average Bonchev–Trinajstić information content (AvgIpc) is 2.36. The maximum Gasteiger partial charge on any atom is 0.161 e. The molecule has 0 saturated carbocycles. The molecule has 94 valence electrons. The molecule has 0 aliphatic carbocycles. The van der Waals surface area contributed by atoms with Crippen LogP contribution in [0.1, 0.15) is 29.3 Å². The highest BCUT2D eigenvalue weighted by atomic mass is 35.5. The number of hydrogen-bond acceptors (Lipinski definition) is 2. The molecule has 0 radical (unpaired) electrons. The van der Waals surface area contributed by atoms with Crippen LogP contribution in [0.15, 0.2) is 18.2 Å². The van der Waals surface area contributed by atoms with Gasteiger partial charge in [0.05, 0.1) is 0 Å². The molecule has 0 bridgehead atoms. The molecule has 0 saturated heterocycles. The van der Waals surface area contributed by atoms with Gasteiger partial charge in [0.15, 0.2) is 5.82 Å². The van der Waals surface area contributed by atoms with Crippen molar-refractivity contribution in [1.29, 1.82) is 0 Å². The highest BCUT2D eigenvalue weighted by molar-refractivity contribution is 6.30. The van der Waals surface area contributed by atoms with E-state index in [9.17, 15) is 0 Å². The maximum absolute atomic E-state index is 6.19. The zero-order chi connectivity index (χ0) is 13.3. The standard InChI is InChI=1S/C15H17ClN2/c1-5-13-11(4)14(16)18-15(17-13)12-8-6-7-9(2)10(12)3/h6-8H,5H2,1-4H3. The van der Waals surface area contributed by atoms with Crippen molar-refractivity contribution in [3.8, 4) is 11.4 Å². The van der Waals surface area contributed by atoms with Gasteiger partial charge in [0, 0.05) is 16.8 Å². The lowest BCUT2D eigenvalue weighted by Gasteiger charge is -2.11. The minimum Gasteiger partial charge on any atom is -0.233 e. The van der Waals surface area contributed by atoms with Gasteiger partial charge in [0.2, 0.25) is 0 Å². The van der Waals surface area contributed by atoms with Crippen LogP contribution in [0.4, 0.5) is 0 Å². The number of aromatic nitrogens is 2. The Morgan fingerprint density at radius 3 is 2.44 bits per heavy atom. The first-order chi connectivity index (χ1) is 8.54. The minimum absolute atomic E-state index is 0.553. The minimum atomic E-state index is 0.553. The fourth-order valence-electron chi connectivity index (χ4n) is 1.99. The number of rotatable bonds is 2. The molecular formula is C15H17ClN2. The summed E-state index contributed by atoms with van der Waals surface area (Å²) in [5.41, 5.74) is 5.51. The van der Waals surface area contributed by atoms with E-state index in [-0.39, 0.29) is 0 Å². The van der Waals surface area contributed by atoms with Crippen LogP contribution in [0.5, 0.6) is 0 Å². The topological polar surface area (TPSA) is 25.8 Å². The van der Waals surface area contributed by atoms with Gasteiger partial charge in [-0.2, -0.15) is 0 Å². The van der Waals surface area contributed by atoms with Crippen molar-refractivity contribution in [3.63, 3.8) is 0 Å². The van der Waals surface area contributed by atoms with E-state index in [0.29, 0.717) is 5.15 Å². The summed E-state index contributed by atoms with van der Waals surface area (Å²) >= 11 is 6.19. The van der Waals surface area contributed by atoms with Gasteiger partial charge in [-0.1, -0.05) is 36.7 Å². The van der Waals surface area contributed by atoms with Crippen LogP contribution in [0.3, 0.4) is 0 Å². The molecule has 0 atom stereocenters. The molecule has 1 aromatic heterocycles. The lowest BCUT2D eigenvalue weighted by Crippen LogP contribution is -2.01. The van der Waals surface area contributed by atoms with Crippen LogP contribution in [0.25, 0.3) is 11.4 Å². The van der Waals surface area contributed by atoms with Crippen molar-refractivity contribution in [3.05, 3.63) is 45.7 Å². The Morgan fingerprint density at radius 1 is 1.06 bits per heavy atom. The number of aryl methyl sites for hydroxylation is 2. The van der Waals surface area contributed by atoms with Gasteiger partial charge in [0.25, 0.3) is 0 Å². The van der Waals surface area contributed by atoms with E-state index >= 15 is 0 Å². The number of hydrogen-bond donors (Lipinski definition) is 0. The second kappa shape index (κ2) is 5.07. The first-order valence-corrected chi connectivity index (χ1v) is 6.52. The van der Waals surface area contributed by atoms with Gasteiger partial charge in [-0.25, -0.2) is 9.97 Å². The molecule has 0 spiro atoms. The van der Waals surface area contributed by atoms with E-state index < -0.39 is 0 Å². The Bertz CT molecular complexity index is 591. The quantitative estimate of drug-likeness (QED) is 0.753. The third-order valence-electron chi connectivity index (χ3n) is 3.37. The first-order valence-electron chi connectivity index (χ1n) is 6.14. The van der Waals surface area contributed by atoms with Crippen LogP contribution in [0.2, 0.25) is 5.15 Å². The third-order valence-corrected chi connectivity index (χ3v) is 3.74. The van der Waals surface area contributed by atoms with Crippen molar-refractivity contribution < 1.29 is 0 Å².